The highest BCUT2D eigenvalue weighted by Crippen LogP contribution is 2.34. The first-order valence-electron chi connectivity index (χ1n) is 9.58. The smallest absolute Gasteiger partial charge is 0.257 e. The van der Waals surface area contributed by atoms with Crippen LogP contribution >= 0.6 is 23.4 Å². The summed E-state index contributed by atoms with van der Waals surface area (Å²) in [6.45, 7) is 0.821. The Balaban J connectivity index is 1.45. The van der Waals surface area contributed by atoms with Gasteiger partial charge in [0.15, 0.2) is 5.82 Å². The molecule has 1 N–H and O–H groups in total. The molecule has 0 saturated carbocycles. The van der Waals surface area contributed by atoms with Crippen molar-refractivity contribution in [2.45, 2.75) is 24.2 Å². The standard InChI is InChI=1S/C20H21ClFN7OS/c1-27(2)12-19-23-7-8-28(19)14-3-4-16(15(22)9-14)29-11-13(25-26-29)10-24-20(30)17-5-6-18(21)31-17/h3-5,7-9,11,18H,6,10,12H2,1-2H3,(H,24,30). The average Bonchev–Trinajstić information content (AvgIpc) is 3.47. The molecule has 8 nitrogen and oxygen atoms in total. The molecular formula is C20H21ClFN7OS. The number of aromatic nitrogens is 5. The number of hydrogen-bond donors (Lipinski definition) is 1. The van der Waals surface area contributed by atoms with Crippen LogP contribution in [0, 0.1) is 5.82 Å². The lowest BCUT2D eigenvalue weighted by Crippen LogP contribution is -2.23. The second-order valence-electron chi connectivity index (χ2n) is 7.26. The van der Waals surface area contributed by atoms with Crippen LogP contribution in [0.25, 0.3) is 11.4 Å². The molecular weight excluding hydrogens is 441 g/mol. The summed E-state index contributed by atoms with van der Waals surface area (Å²) in [7, 11) is 3.90. The minimum absolute atomic E-state index is 0.103. The molecule has 1 aromatic carbocycles. The van der Waals surface area contributed by atoms with Gasteiger partial charge in [0.2, 0.25) is 0 Å². The summed E-state index contributed by atoms with van der Waals surface area (Å²) in [5, 5.41) is 10.8. The second-order valence-corrected chi connectivity index (χ2v) is 9.29. The second kappa shape index (κ2) is 9.21. The number of halogens is 2. The molecule has 2 aromatic heterocycles. The molecule has 1 aliphatic heterocycles. The van der Waals surface area contributed by atoms with Gasteiger partial charge < -0.3 is 14.8 Å². The third-order valence-corrected chi connectivity index (χ3v) is 6.07. The van der Waals surface area contributed by atoms with E-state index in [9.17, 15) is 9.18 Å². The SMILES string of the molecule is CN(C)Cc1nccn1-c1ccc(-n2cc(CNC(=O)C3=CCC(Cl)S3)nn2)c(F)c1. The molecule has 1 unspecified atom stereocenters. The first-order chi connectivity index (χ1) is 14.9. The molecule has 11 heteroatoms. The van der Waals surface area contributed by atoms with Gasteiger partial charge in [-0.3, -0.25) is 4.79 Å². The van der Waals surface area contributed by atoms with E-state index < -0.39 is 5.82 Å². The summed E-state index contributed by atoms with van der Waals surface area (Å²) < 4.78 is 18.0. The summed E-state index contributed by atoms with van der Waals surface area (Å²) in [4.78, 5) is 19.1. The zero-order chi connectivity index (χ0) is 22.0. The number of nitrogens with one attached hydrogen (secondary N) is 1. The van der Waals surface area contributed by atoms with Crippen molar-refractivity contribution in [1.29, 1.82) is 0 Å². The van der Waals surface area contributed by atoms with Gasteiger partial charge in [-0.1, -0.05) is 11.3 Å². The molecule has 0 aliphatic carbocycles. The average molecular weight is 462 g/mol. The van der Waals surface area contributed by atoms with Gasteiger partial charge in [-0.15, -0.1) is 28.5 Å². The monoisotopic (exact) mass is 461 g/mol. The van der Waals surface area contributed by atoms with E-state index in [1.807, 2.05) is 29.6 Å². The van der Waals surface area contributed by atoms with E-state index in [0.717, 1.165) is 5.82 Å². The highest BCUT2D eigenvalue weighted by Gasteiger charge is 2.21. The normalized spacial score (nSPS) is 16.0. The van der Waals surface area contributed by atoms with Gasteiger partial charge >= 0.3 is 0 Å². The largest absolute Gasteiger partial charge is 0.346 e. The molecule has 1 aliphatic rings. The van der Waals surface area contributed by atoms with Crippen LogP contribution in [0.1, 0.15) is 17.9 Å². The number of benzene rings is 1. The van der Waals surface area contributed by atoms with Gasteiger partial charge in [-0.05, 0) is 32.6 Å². The Kier molecular flexibility index (Phi) is 6.40. The first-order valence-corrected chi connectivity index (χ1v) is 10.9. The molecule has 4 rings (SSSR count). The van der Waals surface area contributed by atoms with Gasteiger partial charge in [0.05, 0.1) is 28.9 Å². The Hall–Kier alpha value is -2.69. The van der Waals surface area contributed by atoms with E-state index >= 15 is 0 Å². The van der Waals surface area contributed by atoms with Gasteiger partial charge in [0.1, 0.15) is 17.2 Å². The minimum Gasteiger partial charge on any atom is -0.346 e. The summed E-state index contributed by atoms with van der Waals surface area (Å²) in [5.41, 5.74) is 1.45. The number of allylic oxidation sites excluding steroid dienone is 1. The lowest BCUT2D eigenvalue weighted by molar-refractivity contribution is -0.117. The Morgan fingerprint density at radius 1 is 1.42 bits per heavy atom. The van der Waals surface area contributed by atoms with E-state index in [0.29, 0.717) is 29.3 Å². The Morgan fingerprint density at radius 3 is 2.97 bits per heavy atom. The van der Waals surface area contributed by atoms with Gasteiger partial charge in [-0.2, -0.15) is 0 Å². The van der Waals surface area contributed by atoms with E-state index in [1.54, 1.807) is 30.7 Å². The van der Waals surface area contributed by atoms with Gasteiger partial charge in [0.25, 0.3) is 5.91 Å². The predicted molar refractivity (Wildman–Crippen MR) is 118 cm³/mol. The number of nitrogens with zero attached hydrogens (tertiary/aromatic N) is 6. The number of rotatable bonds is 7. The predicted octanol–water partition coefficient (Wildman–Crippen LogP) is 2.86. The van der Waals surface area contributed by atoms with Crippen molar-refractivity contribution in [3.63, 3.8) is 0 Å². The van der Waals surface area contributed by atoms with Crippen LogP contribution in [-0.2, 0) is 17.9 Å². The van der Waals surface area contributed by atoms with Crippen LogP contribution in [0.4, 0.5) is 4.39 Å². The number of amides is 1. The number of imidazole rings is 1. The number of alkyl halides is 1. The zero-order valence-corrected chi connectivity index (χ0v) is 18.6. The maximum atomic E-state index is 14.9. The number of carbonyl (C=O) groups is 1. The molecule has 3 heterocycles. The van der Waals surface area contributed by atoms with Crippen molar-refractivity contribution >= 4 is 29.3 Å². The van der Waals surface area contributed by atoms with E-state index in [1.165, 1.54) is 22.5 Å². The van der Waals surface area contributed by atoms with Crippen molar-refractivity contribution in [2.75, 3.05) is 14.1 Å². The van der Waals surface area contributed by atoms with Crippen LogP contribution in [0.5, 0.6) is 0 Å². The topological polar surface area (TPSA) is 80.9 Å². The molecule has 0 spiro atoms. The molecule has 0 saturated heterocycles. The van der Waals surface area contributed by atoms with E-state index in [4.69, 9.17) is 11.6 Å². The Morgan fingerprint density at radius 2 is 2.26 bits per heavy atom. The first kappa shape index (κ1) is 21.5. The highest BCUT2D eigenvalue weighted by molar-refractivity contribution is 8.05. The summed E-state index contributed by atoms with van der Waals surface area (Å²) in [6, 6.07) is 4.88. The highest BCUT2D eigenvalue weighted by atomic mass is 35.5. The fourth-order valence-electron chi connectivity index (χ4n) is 3.14. The molecule has 3 aromatic rings. The molecule has 0 fully saturated rings. The molecule has 0 radical (unpaired) electrons. The third-order valence-electron chi connectivity index (χ3n) is 4.57. The maximum Gasteiger partial charge on any atom is 0.257 e. The third kappa shape index (κ3) is 4.97. The Labute approximate surface area is 188 Å². The summed E-state index contributed by atoms with van der Waals surface area (Å²) >= 11 is 7.32. The van der Waals surface area contributed by atoms with Crippen LogP contribution in [0.15, 0.2) is 47.8 Å². The number of carbonyl (C=O) groups excluding carboxylic acids is 1. The molecule has 31 heavy (non-hydrogen) atoms. The van der Waals surface area contributed by atoms with Crippen molar-refractivity contribution in [1.82, 2.24) is 34.8 Å². The van der Waals surface area contributed by atoms with Crippen molar-refractivity contribution < 1.29 is 9.18 Å². The fourth-order valence-corrected chi connectivity index (χ4v) is 4.35. The summed E-state index contributed by atoms with van der Waals surface area (Å²) in [6.07, 6.45) is 7.56. The van der Waals surface area contributed by atoms with Gasteiger partial charge in [-0.25, -0.2) is 14.1 Å². The van der Waals surface area contributed by atoms with Crippen LogP contribution in [0.2, 0.25) is 0 Å². The summed E-state index contributed by atoms with van der Waals surface area (Å²) in [5.74, 6) is 0.169. The quantitative estimate of drug-likeness (QED) is 0.545. The Bertz CT molecular complexity index is 1130. The molecule has 1 amide bonds. The number of thioether (sulfide) groups is 1. The van der Waals surface area contributed by atoms with Crippen molar-refractivity contribution in [3.05, 3.63) is 65.1 Å². The van der Waals surface area contributed by atoms with Crippen LogP contribution in [-0.4, -0.2) is 54.2 Å². The van der Waals surface area contributed by atoms with Crippen molar-refractivity contribution in [2.24, 2.45) is 0 Å². The lowest BCUT2D eigenvalue weighted by Gasteiger charge is -2.13. The van der Waals surface area contributed by atoms with E-state index in [-0.39, 0.29) is 22.8 Å². The van der Waals surface area contributed by atoms with E-state index in [2.05, 4.69) is 20.6 Å². The fraction of sp³-hybridized carbons (Fsp3) is 0.300. The molecule has 162 valence electrons. The van der Waals surface area contributed by atoms with Crippen LogP contribution in [0.3, 0.4) is 0 Å². The minimum atomic E-state index is -0.442. The maximum absolute atomic E-state index is 14.9. The molecule has 1 atom stereocenters. The number of hydrogen-bond acceptors (Lipinski definition) is 6. The molecule has 0 bridgehead atoms. The van der Waals surface area contributed by atoms with Gasteiger partial charge in [0, 0.05) is 24.1 Å². The van der Waals surface area contributed by atoms with Crippen LogP contribution < -0.4 is 5.32 Å². The van der Waals surface area contributed by atoms with Crippen molar-refractivity contribution in [3.8, 4) is 11.4 Å². The lowest BCUT2D eigenvalue weighted by atomic mass is 10.2. The zero-order valence-electron chi connectivity index (χ0n) is 17.0.